The van der Waals surface area contributed by atoms with Gasteiger partial charge >= 0.3 is 0 Å². The topological polar surface area (TPSA) is 32.3 Å². The lowest BCUT2D eigenvalue weighted by Crippen LogP contribution is -2.35. The number of hydrogen-bond donors (Lipinski definition) is 1. The van der Waals surface area contributed by atoms with Crippen LogP contribution in [0.25, 0.3) is 0 Å². The highest BCUT2D eigenvalue weighted by Gasteiger charge is 2.12. The number of nitrogens with one attached hydrogen (secondary N) is 1. The van der Waals surface area contributed by atoms with Crippen LogP contribution in [0.5, 0.6) is 0 Å². The maximum Gasteiger partial charge on any atom is 0.234 e. The Labute approximate surface area is 132 Å². The number of likely N-dealkylation sites (N-methyl/N-ethyl adjacent to an activating group) is 1. The van der Waals surface area contributed by atoms with Gasteiger partial charge in [0.05, 0.1) is 16.9 Å². The summed E-state index contributed by atoms with van der Waals surface area (Å²) in [5, 5.41) is 5.03. The third-order valence-electron chi connectivity index (χ3n) is 2.82. The van der Waals surface area contributed by atoms with Gasteiger partial charge in [-0.15, -0.1) is 22.7 Å². The first-order chi connectivity index (χ1) is 9.54. The van der Waals surface area contributed by atoms with Crippen LogP contribution in [0.3, 0.4) is 0 Å². The molecule has 0 spiro atoms. The molecule has 2 aromatic rings. The number of hydrogen-bond acceptors (Lipinski definition) is 4. The minimum absolute atomic E-state index is 0.0380. The van der Waals surface area contributed by atoms with Gasteiger partial charge in [-0.3, -0.25) is 9.69 Å². The number of amides is 1. The molecule has 2 rings (SSSR count). The second-order valence-corrected chi connectivity index (χ2v) is 7.46. The Bertz CT molecular complexity index is 553. The second kappa shape index (κ2) is 7.22. The average molecular weight is 329 g/mol. The summed E-state index contributed by atoms with van der Waals surface area (Å²) < 4.78 is 0.782. The molecule has 108 valence electrons. The van der Waals surface area contributed by atoms with Crippen LogP contribution in [0.2, 0.25) is 4.34 Å². The van der Waals surface area contributed by atoms with E-state index in [0.717, 1.165) is 15.8 Å². The molecule has 0 saturated carbocycles. The summed E-state index contributed by atoms with van der Waals surface area (Å²) in [6, 6.07) is 7.97. The Kier molecular flexibility index (Phi) is 5.60. The minimum Gasteiger partial charge on any atom is -0.348 e. The predicted octanol–water partition coefficient (Wildman–Crippen LogP) is 3.77. The monoisotopic (exact) mass is 328 g/mol. The standard InChI is InChI=1S/C14H17ClN2OS2/c1-10(12-4-3-7-19-12)16-14(18)9-17(2)8-11-5-6-13(15)20-11/h3-7,10H,8-9H2,1-2H3,(H,16,18). The first-order valence-corrected chi connectivity index (χ1v) is 8.37. The molecule has 3 nitrogen and oxygen atoms in total. The Hall–Kier alpha value is -0.880. The molecular formula is C14H17ClN2OS2. The van der Waals surface area contributed by atoms with E-state index < -0.39 is 0 Å². The maximum absolute atomic E-state index is 12.0. The molecule has 1 amide bonds. The van der Waals surface area contributed by atoms with E-state index in [1.165, 1.54) is 4.88 Å². The highest BCUT2D eigenvalue weighted by molar-refractivity contribution is 7.16. The maximum atomic E-state index is 12.0. The summed E-state index contributed by atoms with van der Waals surface area (Å²) in [6.07, 6.45) is 0. The van der Waals surface area contributed by atoms with Gasteiger partial charge in [0.25, 0.3) is 0 Å². The molecule has 1 N–H and O–H groups in total. The van der Waals surface area contributed by atoms with Crippen molar-refractivity contribution in [1.29, 1.82) is 0 Å². The predicted molar refractivity (Wildman–Crippen MR) is 86.5 cm³/mol. The zero-order valence-electron chi connectivity index (χ0n) is 11.4. The summed E-state index contributed by atoms with van der Waals surface area (Å²) in [4.78, 5) is 16.3. The van der Waals surface area contributed by atoms with E-state index >= 15 is 0 Å². The number of carbonyl (C=O) groups is 1. The fourth-order valence-corrected chi connectivity index (χ4v) is 3.80. The fourth-order valence-electron chi connectivity index (χ4n) is 1.90. The number of rotatable bonds is 6. The molecule has 0 aromatic carbocycles. The van der Waals surface area contributed by atoms with Crippen molar-refractivity contribution in [1.82, 2.24) is 10.2 Å². The molecule has 0 fully saturated rings. The minimum atomic E-state index is 0.0380. The van der Waals surface area contributed by atoms with Gasteiger partial charge in [0.15, 0.2) is 0 Å². The Morgan fingerprint density at radius 3 is 2.85 bits per heavy atom. The van der Waals surface area contributed by atoms with E-state index in [4.69, 9.17) is 11.6 Å². The first-order valence-electron chi connectivity index (χ1n) is 6.30. The molecule has 1 unspecified atom stereocenters. The van der Waals surface area contributed by atoms with E-state index in [9.17, 15) is 4.79 Å². The van der Waals surface area contributed by atoms with E-state index in [2.05, 4.69) is 5.32 Å². The number of halogens is 1. The van der Waals surface area contributed by atoms with Gasteiger partial charge < -0.3 is 5.32 Å². The molecule has 6 heteroatoms. The highest BCUT2D eigenvalue weighted by Crippen LogP contribution is 2.22. The van der Waals surface area contributed by atoms with Crippen molar-refractivity contribution in [2.24, 2.45) is 0 Å². The lowest BCUT2D eigenvalue weighted by molar-refractivity contribution is -0.122. The van der Waals surface area contributed by atoms with Crippen molar-refractivity contribution in [3.05, 3.63) is 43.7 Å². The quantitative estimate of drug-likeness (QED) is 0.875. The zero-order chi connectivity index (χ0) is 14.5. The van der Waals surface area contributed by atoms with Crippen molar-refractivity contribution in [2.75, 3.05) is 13.6 Å². The van der Waals surface area contributed by atoms with Gasteiger partial charge in [0.1, 0.15) is 0 Å². The molecule has 0 saturated heterocycles. The van der Waals surface area contributed by atoms with Crippen LogP contribution in [0.15, 0.2) is 29.6 Å². The van der Waals surface area contributed by atoms with Crippen LogP contribution in [0.4, 0.5) is 0 Å². The molecule has 0 aliphatic carbocycles. The van der Waals surface area contributed by atoms with Crippen LogP contribution >= 0.6 is 34.3 Å². The van der Waals surface area contributed by atoms with Gasteiger partial charge in [-0.2, -0.15) is 0 Å². The van der Waals surface area contributed by atoms with Crippen molar-refractivity contribution in [2.45, 2.75) is 19.5 Å². The molecule has 2 heterocycles. The lowest BCUT2D eigenvalue weighted by Gasteiger charge is -2.17. The van der Waals surface area contributed by atoms with Gasteiger partial charge in [0.2, 0.25) is 5.91 Å². The zero-order valence-corrected chi connectivity index (χ0v) is 13.8. The third kappa shape index (κ3) is 4.59. The summed E-state index contributed by atoms with van der Waals surface area (Å²) in [5.41, 5.74) is 0. The second-order valence-electron chi connectivity index (χ2n) is 4.68. The van der Waals surface area contributed by atoms with Crippen LogP contribution in [0.1, 0.15) is 22.7 Å². The summed E-state index contributed by atoms with van der Waals surface area (Å²) in [6.45, 7) is 3.12. The van der Waals surface area contributed by atoms with E-state index in [1.54, 1.807) is 22.7 Å². The summed E-state index contributed by atoms with van der Waals surface area (Å²) in [7, 11) is 1.93. The van der Waals surface area contributed by atoms with E-state index in [-0.39, 0.29) is 11.9 Å². The molecule has 0 aliphatic heterocycles. The smallest absolute Gasteiger partial charge is 0.234 e. The van der Waals surface area contributed by atoms with E-state index in [1.807, 2.05) is 48.5 Å². The van der Waals surface area contributed by atoms with E-state index in [0.29, 0.717) is 6.54 Å². The Morgan fingerprint density at radius 2 is 2.25 bits per heavy atom. The number of thiophene rings is 2. The molecule has 20 heavy (non-hydrogen) atoms. The largest absolute Gasteiger partial charge is 0.348 e. The Balaban J connectivity index is 1.79. The fraction of sp³-hybridized carbons (Fsp3) is 0.357. The first kappa shape index (κ1) is 15.5. The summed E-state index contributed by atoms with van der Waals surface area (Å²) in [5.74, 6) is 0.0380. The SMILES string of the molecule is CC(NC(=O)CN(C)Cc1ccc(Cl)s1)c1cccs1. The molecular weight excluding hydrogens is 312 g/mol. The van der Waals surface area contributed by atoms with Crippen molar-refractivity contribution >= 4 is 40.2 Å². The molecule has 0 radical (unpaired) electrons. The van der Waals surface area contributed by atoms with Crippen LogP contribution in [-0.2, 0) is 11.3 Å². The van der Waals surface area contributed by atoms with Gasteiger partial charge in [-0.05, 0) is 37.6 Å². The van der Waals surface area contributed by atoms with Crippen molar-refractivity contribution in [3.8, 4) is 0 Å². The Morgan fingerprint density at radius 1 is 1.45 bits per heavy atom. The third-order valence-corrected chi connectivity index (χ3v) is 5.09. The lowest BCUT2D eigenvalue weighted by atomic mass is 10.2. The number of nitrogens with zero attached hydrogens (tertiary/aromatic N) is 1. The van der Waals surface area contributed by atoms with Crippen molar-refractivity contribution in [3.63, 3.8) is 0 Å². The normalized spacial score (nSPS) is 12.6. The molecule has 0 aliphatic rings. The van der Waals surface area contributed by atoms with Gasteiger partial charge in [-0.1, -0.05) is 17.7 Å². The van der Waals surface area contributed by atoms with Gasteiger partial charge in [-0.25, -0.2) is 0 Å². The molecule has 2 aromatic heterocycles. The van der Waals surface area contributed by atoms with Crippen LogP contribution < -0.4 is 5.32 Å². The number of carbonyl (C=O) groups excluding carboxylic acids is 1. The van der Waals surface area contributed by atoms with Crippen LogP contribution in [0, 0.1) is 0 Å². The molecule has 0 bridgehead atoms. The van der Waals surface area contributed by atoms with Gasteiger partial charge in [0, 0.05) is 16.3 Å². The average Bonchev–Trinajstić information content (AvgIpc) is 3.00. The molecule has 1 atom stereocenters. The summed E-state index contributed by atoms with van der Waals surface area (Å²) >= 11 is 9.10. The highest BCUT2D eigenvalue weighted by atomic mass is 35.5. The van der Waals surface area contributed by atoms with Crippen LogP contribution in [-0.4, -0.2) is 24.4 Å². The van der Waals surface area contributed by atoms with Crippen molar-refractivity contribution < 1.29 is 4.79 Å².